The Morgan fingerprint density at radius 2 is 2.00 bits per heavy atom. The SMILES string of the molecule is Cc1ccc(NC(=O)C2CCCN(S(=O)(=O)c3c(C)noc3/C=C/c3ccco3)C2)cc1C. The summed E-state index contributed by atoms with van der Waals surface area (Å²) in [5.41, 5.74) is 3.21. The van der Waals surface area contributed by atoms with Gasteiger partial charge in [0.2, 0.25) is 15.9 Å². The van der Waals surface area contributed by atoms with Crippen LogP contribution in [0, 0.1) is 26.7 Å². The second-order valence-electron chi connectivity index (χ2n) is 8.30. The molecule has 1 aromatic carbocycles. The van der Waals surface area contributed by atoms with Crippen LogP contribution in [0.3, 0.4) is 0 Å². The number of anilines is 1. The van der Waals surface area contributed by atoms with E-state index in [1.54, 1.807) is 25.1 Å². The zero-order chi connectivity index (χ0) is 23.6. The third-order valence-electron chi connectivity index (χ3n) is 5.90. The van der Waals surface area contributed by atoms with Gasteiger partial charge >= 0.3 is 0 Å². The molecule has 1 atom stereocenters. The van der Waals surface area contributed by atoms with Crippen molar-refractivity contribution in [2.75, 3.05) is 18.4 Å². The van der Waals surface area contributed by atoms with Crippen LogP contribution in [0.15, 0.2) is 50.4 Å². The van der Waals surface area contributed by atoms with Gasteiger partial charge in [0.25, 0.3) is 0 Å². The van der Waals surface area contributed by atoms with Crippen LogP contribution >= 0.6 is 0 Å². The molecule has 1 fully saturated rings. The summed E-state index contributed by atoms with van der Waals surface area (Å²) in [6.07, 6.45) is 5.89. The molecule has 3 heterocycles. The lowest BCUT2D eigenvalue weighted by atomic mass is 9.98. The second-order valence-corrected chi connectivity index (χ2v) is 10.2. The number of carbonyl (C=O) groups is 1. The second kappa shape index (κ2) is 9.36. The van der Waals surface area contributed by atoms with Crippen molar-refractivity contribution in [3.63, 3.8) is 0 Å². The summed E-state index contributed by atoms with van der Waals surface area (Å²) in [7, 11) is -3.91. The molecule has 3 aromatic rings. The normalized spacial score (nSPS) is 17.5. The minimum atomic E-state index is -3.91. The Hall–Kier alpha value is -3.17. The fraction of sp³-hybridized carbons (Fsp3) is 0.333. The number of rotatable bonds is 6. The fourth-order valence-corrected chi connectivity index (χ4v) is 5.68. The third-order valence-corrected chi connectivity index (χ3v) is 7.93. The molecule has 1 aliphatic heterocycles. The minimum absolute atomic E-state index is 0.0144. The molecule has 0 bridgehead atoms. The molecule has 1 aliphatic rings. The Balaban J connectivity index is 1.52. The number of nitrogens with one attached hydrogen (secondary N) is 1. The number of hydrogen-bond acceptors (Lipinski definition) is 6. The summed E-state index contributed by atoms with van der Waals surface area (Å²) in [6, 6.07) is 9.21. The lowest BCUT2D eigenvalue weighted by molar-refractivity contribution is -0.120. The standard InChI is InChI=1S/C24H27N3O5S/c1-16-8-9-20(14-17(16)2)25-24(28)19-6-4-12-27(15-19)33(29,30)23-18(3)26-32-22(23)11-10-21-7-5-13-31-21/h5,7-11,13-14,19H,4,6,12,15H2,1-3H3,(H,25,28)/b11-10+. The van der Waals surface area contributed by atoms with Gasteiger partial charge in [0, 0.05) is 18.8 Å². The molecule has 33 heavy (non-hydrogen) atoms. The van der Waals surface area contributed by atoms with Crippen LogP contribution in [0.4, 0.5) is 5.69 Å². The summed E-state index contributed by atoms with van der Waals surface area (Å²) < 4.78 is 38.9. The molecule has 0 saturated carbocycles. The number of aromatic nitrogens is 1. The number of furan rings is 1. The van der Waals surface area contributed by atoms with E-state index >= 15 is 0 Å². The lowest BCUT2D eigenvalue weighted by Gasteiger charge is -2.31. The van der Waals surface area contributed by atoms with Gasteiger partial charge in [-0.3, -0.25) is 4.79 Å². The first kappa shape index (κ1) is 23.0. The smallest absolute Gasteiger partial charge is 0.248 e. The Bertz CT molecular complexity index is 1280. The van der Waals surface area contributed by atoms with Gasteiger partial charge < -0.3 is 14.3 Å². The number of hydrogen-bond donors (Lipinski definition) is 1. The van der Waals surface area contributed by atoms with Crippen LogP contribution in [0.25, 0.3) is 12.2 Å². The molecule has 1 saturated heterocycles. The summed E-state index contributed by atoms with van der Waals surface area (Å²) in [6.45, 7) is 6.02. The van der Waals surface area contributed by atoms with E-state index in [-0.39, 0.29) is 28.8 Å². The average molecular weight is 470 g/mol. The number of nitrogens with zero attached hydrogens (tertiary/aromatic N) is 2. The minimum Gasteiger partial charge on any atom is -0.465 e. The first-order valence-corrected chi connectivity index (χ1v) is 12.3. The first-order valence-electron chi connectivity index (χ1n) is 10.8. The fourth-order valence-electron chi connectivity index (χ4n) is 3.91. The number of piperidine rings is 1. The van der Waals surface area contributed by atoms with Crippen LogP contribution in [0.5, 0.6) is 0 Å². The number of carbonyl (C=O) groups excluding carboxylic acids is 1. The molecule has 8 nitrogen and oxygen atoms in total. The third kappa shape index (κ3) is 4.94. The van der Waals surface area contributed by atoms with E-state index in [1.807, 2.05) is 32.0 Å². The van der Waals surface area contributed by atoms with Crippen LogP contribution in [-0.2, 0) is 14.8 Å². The Morgan fingerprint density at radius 3 is 2.73 bits per heavy atom. The van der Waals surface area contributed by atoms with Crippen molar-refractivity contribution in [1.82, 2.24) is 9.46 Å². The largest absolute Gasteiger partial charge is 0.465 e. The van der Waals surface area contributed by atoms with Crippen LogP contribution < -0.4 is 5.32 Å². The van der Waals surface area contributed by atoms with Gasteiger partial charge in [-0.25, -0.2) is 8.42 Å². The van der Waals surface area contributed by atoms with E-state index in [1.165, 1.54) is 16.6 Å². The van der Waals surface area contributed by atoms with Crippen molar-refractivity contribution in [2.45, 2.75) is 38.5 Å². The van der Waals surface area contributed by atoms with Crippen molar-refractivity contribution in [3.8, 4) is 0 Å². The topological polar surface area (TPSA) is 106 Å². The molecule has 0 aliphatic carbocycles. The summed E-state index contributed by atoms with van der Waals surface area (Å²) in [5.74, 6) is 0.0644. The Labute approximate surface area is 193 Å². The highest BCUT2D eigenvalue weighted by Crippen LogP contribution is 2.30. The maximum Gasteiger partial charge on any atom is 0.248 e. The lowest BCUT2D eigenvalue weighted by Crippen LogP contribution is -2.43. The van der Waals surface area contributed by atoms with Gasteiger partial charge in [-0.15, -0.1) is 0 Å². The van der Waals surface area contributed by atoms with E-state index in [4.69, 9.17) is 8.94 Å². The van der Waals surface area contributed by atoms with E-state index < -0.39 is 15.9 Å². The zero-order valence-electron chi connectivity index (χ0n) is 18.9. The number of benzene rings is 1. The molecule has 0 spiro atoms. The van der Waals surface area contributed by atoms with E-state index in [0.717, 1.165) is 11.1 Å². The quantitative estimate of drug-likeness (QED) is 0.574. The Morgan fingerprint density at radius 1 is 1.18 bits per heavy atom. The predicted octanol–water partition coefficient (Wildman–Crippen LogP) is 4.40. The van der Waals surface area contributed by atoms with Crippen molar-refractivity contribution < 1.29 is 22.2 Å². The summed E-state index contributed by atoms with van der Waals surface area (Å²) in [4.78, 5) is 12.9. The van der Waals surface area contributed by atoms with Crippen molar-refractivity contribution >= 4 is 33.8 Å². The molecule has 9 heteroatoms. The Kier molecular flexibility index (Phi) is 6.53. The monoisotopic (exact) mass is 469 g/mol. The first-order chi connectivity index (χ1) is 15.8. The molecule has 4 rings (SSSR count). The maximum absolute atomic E-state index is 13.5. The van der Waals surface area contributed by atoms with Gasteiger partial charge in [-0.2, -0.15) is 4.31 Å². The molecule has 1 unspecified atom stereocenters. The van der Waals surface area contributed by atoms with Gasteiger partial charge in [0.15, 0.2) is 10.7 Å². The zero-order valence-corrected chi connectivity index (χ0v) is 19.7. The van der Waals surface area contributed by atoms with Crippen molar-refractivity contribution in [3.05, 3.63) is 64.9 Å². The highest BCUT2D eigenvalue weighted by molar-refractivity contribution is 7.89. The summed E-state index contributed by atoms with van der Waals surface area (Å²) >= 11 is 0. The molecule has 174 valence electrons. The molecule has 1 amide bonds. The van der Waals surface area contributed by atoms with Crippen LogP contribution in [-0.4, -0.2) is 36.9 Å². The van der Waals surface area contributed by atoms with E-state index in [2.05, 4.69) is 10.5 Å². The number of sulfonamides is 1. The average Bonchev–Trinajstić information content (AvgIpc) is 3.44. The molecular weight excluding hydrogens is 442 g/mol. The number of aryl methyl sites for hydroxylation is 3. The van der Waals surface area contributed by atoms with Gasteiger partial charge in [-0.1, -0.05) is 11.2 Å². The van der Waals surface area contributed by atoms with Gasteiger partial charge in [0.05, 0.1) is 12.2 Å². The molecular formula is C24H27N3O5S. The van der Waals surface area contributed by atoms with Crippen LogP contribution in [0.1, 0.15) is 41.2 Å². The maximum atomic E-state index is 13.5. The van der Waals surface area contributed by atoms with Gasteiger partial charge in [0.1, 0.15) is 11.5 Å². The highest BCUT2D eigenvalue weighted by Gasteiger charge is 2.37. The van der Waals surface area contributed by atoms with Crippen molar-refractivity contribution in [2.24, 2.45) is 5.92 Å². The number of amides is 1. The molecule has 0 radical (unpaired) electrons. The molecule has 1 N–H and O–H groups in total. The van der Waals surface area contributed by atoms with Gasteiger partial charge in [-0.05, 0) is 81.2 Å². The van der Waals surface area contributed by atoms with Crippen LogP contribution in [0.2, 0.25) is 0 Å². The summed E-state index contributed by atoms with van der Waals surface area (Å²) in [5, 5.41) is 6.79. The highest BCUT2D eigenvalue weighted by atomic mass is 32.2. The molecule has 2 aromatic heterocycles. The van der Waals surface area contributed by atoms with Crippen molar-refractivity contribution in [1.29, 1.82) is 0 Å². The predicted molar refractivity (Wildman–Crippen MR) is 125 cm³/mol. The van der Waals surface area contributed by atoms with E-state index in [9.17, 15) is 13.2 Å². The van der Waals surface area contributed by atoms with E-state index in [0.29, 0.717) is 30.8 Å².